The average Bonchev–Trinajstić information content (AvgIpc) is 2.84. The zero-order valence-corrected chi connectivity index (χ0v) is 10.7. The molecule has 0 saturated carbocycles. The van der Waals surface area contributed by atoms with Gasteiger partial charge < -0.3 is 5.32 Å². The fourth-order valence-corrected chi connectivity index (χ4v) is 2.30. The number of nitrogens with zero attached hydrogens (tertiary/aromatic N) is 2. The summed E-state index contributed by atoms with van der Waals surface area (Å²) in [6.45, 7) is 0. The summed E-state index contributed by atoms with van der Waals surface area (Å²) in [5, 5.41) is 7.11. The van der Waals surface area contributed by atoms with Gasteiger partial charge in [-0.2, -0.15) is 0 Å². The summed E-state index contributed by atoms with van der Waals surface area (Å²) in [5.74, 6) is -0.388. The van der Waals surface area contributed by atoms with E-state index < -0.39 is 0 Å². The molecule has 0 aliphatic heterocycles. The van der Waals surface area contributed by atoms with Gasteiger partial charge in [-0.05, 0) is 42.7 Å². The molecule has 2 aromatic rings. The van der Waals surface area contributed by atoms with Gasteiger partial charge in [0.1, 0.15) is 5.82 Å². The molecule has 0 radical (unpaired) electrons. The minimum atomic E-state index is -0.388. The van der Waals surface area contributed by atoms with Crippen LogP contribution in [0.1, 0.15) is 16.5 Å². The van der Waals surface area contributed by atoms with E-state index >= 15 is 0 Å². The Kier molecular flexibility index (Phi) is 4.04. The van der Waals surface area contributed by atoms with Crippen LogP contribution >= 0.6 is 23.1 Å². The fraction of sp³-hybridized carbons (Fsp3) is 0.273. The van der Waals surface area contributed by atoms with Crippen LogP contribution in [0, 0.1) is 5.82 Å². The largest absolute Gasteiger partial charge is 0.312 e. The summed E-state index contributed by atoms with van der Waals surface area (Å²) in [4.78, 5) is 1.03. The molecule has 90 valence electrons. The lowest BCUT2D eigenvalue weighted by Crippen LogP contribution is -2.17. The van der Waals surface area contributed by atoms with Crippen molar-refractivity contribution >= 4 is 23.1 Å². The molecule has 3 nitrogen and oxygen atoms in total. The van der Waals surface area contributed by atoms with Gasteiger partial charge in [0, 0.05) is 6.04 Å². The first-order chi connectivity index (χ1) is 8.20. The quantitative estimate of drug-likeness (QED) is 0.929. The van der Waals surface area contributed by atoms with E-state index in [1.807, 2.05) is 13.1 Å². The number of rotatable bonds is 4. The topological polar surface area (TPSA) is 37.8 Å². The van der Waals surface area contributed by atoms with Crippen LogP contribution in [0.3, 0.4) is 0 Å². The van der Waals surface area contributed by atoms with Crippen molar-refractivity contribution in [1.29, 1.82) is 0 Å². The number of halogens is 2. The van der Waals surface area contributed by atoms with E-state index in [4.69, 9.17) is 11.6 Å². The highest BCUT2D eigenvalue weighted by molar-refractivity contribution is 7.05. The van der Waals surface area contributed by atoms with Crippen molar-refractivity contribution in [3.8, 4) is 0 Å². The van der Waals surface area contributed by atoms with Gasteiger partial charge in [0.25, 0.3) is 0 Å². The maximum absolute atomic E-state index is 13.3. The molecule has 1 aromatic carbocycles. The molecule has 17 heavy (non-hydrogen) atoms. The van der Waals surface area contributed by atoms with E-state index in [0.717, 1.165) is 10.4 Å². The Bertz CT molecular complexity index is 489. The van der Waals surface area contributed by atoms with Crippen molar-refractivity contribution in [2.75, 3.05) is 7.05 Å². The van der Waals surface area contributed by atoms with Crippen LogP contribution in [0.25, 0.3) is 0 Å². The standard InChI is InChI=1S/C11H11ClFN3S/c1-14-10(11-6-15-16-17-11)5-7-2-3-8(12)9(13)4-7/h2-4,6,10,14H,5H2,1H3. The Hall–Kier alpha value is -1.04. The Labute approximate surface area is 108 Å². The Morgan fingerprint density at radius 1 is 1.53 bits per heavy atom. The molecule has 0 aliphatic carbocycles. The van der Waals surface area contributed by atoms with Gasteiger partial charge in [-0.25, -0.2) is 4.39 Å². The van der Waals surface area contributed by atoms with Crippen LogP contribution in [0.4, 0.5) is 4.39 Å². The molecule has 0 amide bonds. The van der Waals surface area contributed by atoms with E-state index in [9.17, 15) is 4.39 Å². The zero-order chi connectivity index (χ0) is 12.3. The van der Waals surface area contributed by atoms with Gasteiger partial charge in [0.2, 0.25) is 0 Å². The first-order valence-corrected chi connectivity index (χ1v) is 6.24. The lowest BCUT2D eigenvalue weighted by atomic mass is 10.1. The zero-order valence-electron chi connectivity index (χ0n) is 9.15. The van der Waals surface area contributed by atoms with Crippen molar-refractivity contribution in [3.63, 3.8) is 0 Å². The maximum atomic E-state index is 13.3. The van der Waals surface area contributed by atoms with Gasteiger partial charge in [-0.15, -0.1) is 5.10 Å². The van der Waals surface area contributed by atoms with Gasteiger partial charge in [0.15, 0.2) is 0 Å². The maximum Gasteiger partial charge on any atom is 0.142 e. The molecule has 1 aromatic heterocycles. The van der Waals surface area contributed by atoms with Crippen LogP contribution in [0.15, 0.2) is 24.4 Å². The van der Waals surface area contributed by atoms with Crippen LogP contribution in [0.5, 0.6) is 0 Å². The molecule has 0 bridgehead atoms. The molecule has 2 rings (SSSR count). The van der Waals surface area contributed by atoms with Crippen molar-refractivity contribution in [2.45, 2.75) is 12.5 Å². The third-order valence-electron chi connectivity index (χ3n) is 2.49. The van der Waals surface area contributed by atoms with Crippen LogP contribution in [-0.2, 0) is 6.42 Å². The molecular weight excluding hydrogens is 261 g/mol. The summed E-state index contributed by atoms with van der Waals surface area (Å²) in [7, 11) is 1.86. The molecule has 1 unspecified atom stereocenters. The van der Waals surface area contributed by atoms with Crippen LogP contribution < -0.4 is 5.32 Å². The molecule has 0 aliphatic rings. The minimum Gasteiger partial charge on any atom is -0.312 e. The lowest BCUT2D eigenvalue weighted by molar-refractivity contribution is 0.591. The third-order valence-corrected chi connectivity index (χ3v) is 3.58. The van der Waals surface area contributed by atoms with Gasteiger partial charge in [-0.3, -0.25) is 0 Å². The highest BCUT2D eigenvalue weighted by Crippen LogP contribution is 2.22. The Balaban J connectivity index is 2.16. The SMILES string of the molecule is CNC(Cc1ccc(Cl)c(F)c1)c1cnns1. The number of benzene rings is 1. The highest BCUT2D eigenvalue weighted by Gasteiger charge is 2.13. The molecule has 6 heteroatoms. The normalized spacial score (nSPS) is 12.6. The molecule has 0 saturated heterocycles. The summed E-state index contributed by atoms with van der Waals surface area (Å²) < 4.78 is 17.1. The van der Waals surface area contributed by atoms with E-state index in [1.54, 1.807) is 12.3 Å². The van der Waals surface area contributed by atoms with Crippen molar-refractivity contribution < 1.29 is 4.39 Å². The number of nitrogens with one attached hydrogen (secondary N) is 1. The van der Waals surface area contributed by atoms with E-state index in [2.05, 4.69) is 14.9 Å². The monoisotopic (exact) mass is 271 g/mol. The second-order valence-corrected chi connectivity index (χ2v) is 4.84. The smallest absolute Gasteiger partial charge is 0.142 e. The second kappa shape index (κ2) is 5.53. The summed E-state index contributed by atoms with van der Waals surface area (Å²) >= 11 is 6.98. The predicted molar refractivity (Wildman–Crippen MR) is 66.8 cm³/mol. The first-order valence-electron chi connectivity index (χ1n) is 5.09. The summed E-state index contributed by atoms with van der Waals surface area (Å²) in [6, 6.07) is 4.95. The number of hydrogen-bond donors (Lipinski definition) is 1. The number of hydrogen-bond acceptors (Lipinski definition) is 4. The lowest BCUT2D eigenvalue weighted by Gasteiger charge is -2.13. The molecular formula is C11H11ClFN3S. The highest BCUT2D eigenvalue weighted by atomic mass is 35.5. The molecule has 1 N–H and O–H groups in total. The molecule has 1 atom stereocenters. The molecule has 0 fully saturated rings. The predicted octanol–water partition coefficient (Wildman–Crippen LogP) is 2.83. The van der Waals surface area contributed by atoms with Crippen LogP contribution in [0.2, 0.25) is 5.02 Å². The minimum absolute atomic E-state index is 0.0931. The Morgan fingerprint density at radius 3 is 2.94 bits per heavy atom. The van der Waals surface area contributed by atoms with Gasteiger partial charge in [-0.1, -0.05) is 22.2 Å². The first kappa shape index (κ1) is 12.4. The molecule has 0 spiro atoms. The van der Waals surface area contributed by atoms with Gasteiger partial charge >= 0.3 is 0 Å². The second-order valence-electron chi connectivity index (χ2n) is 3.61. The molecule has 1 heterocycles. The summed E-state index contributed by atoms with van der Waals surface area (Å²) in [5.41, 5.74) is 0.889. The average molecular weight is 272 g/mol. The third kappa shape index (κ3) is 3.00. The van der Waals surface area contributed by atoms with Crippen molar-refractivity contribution in [3.05, 3.63) is 45.7 Å². The number of aromatic nitrogens is 2. The number of likely N-dealkylation sites (N-methyl/N-ethyl adjacent to an activating group) is 1. The van der Waals surface area contributed by atoms with E-state index in [1.165, 1.54) is 17.6 Å². The van der Waals surface area contributed by atoms with Crippen molar-refractivity contribution in [1.82, 2.24) is 14.9 Å². The summed E-state index contributed by atoms with van der Waals surface area (Å²) in [6.07, 6.45) is 2.40. The van der Waals surface area contributed by atoms with Gasteiger partial charge in [0.05, 0.1) is 16.1 Å². The van der Waals surface area contributed by atoms with Crippen molar-refractivity contribution in [2.24, 2.45) is 0 Å². The van der Waals surface area contributed by atoms with E-state index in [-0.39, 0.29) is 16.9 Å². The van der Waals surface area contributed by atoms with Crippen LogP contribution in [-0.4, -0.2) is 16.6 Å². The Morgan fingerprint density at radius 2 is 2.35 bits per heavy atom. The fourth-order valence-electron chi connectivity index (χ4n) is 1.58. The van der Waals surface area contributed by atoms with E-state index in [0.29, 0.717) is 6.42 Å².